The number of fused-ring (bicyclic) bond motifs is 12. The number of hydrogen-bond acceptors (Lipinski definition) is 6. The average Bonchev–Trinajstić information content (AvgIpc) is 4.15. The lowest BCUT2D eigenvalue weighted by Gasteiger charge is -2.18. The fourth-order valence-corrected chi connectivity index (χ4v) is 11.4. The van der Waals surface area contributed by atoms with E-state index in [1.165, 1.54) is 22.3 Å². The van der Waals surface area contributed by atoms with Crippen LogP contribution >= 0.6 is 0 Å². The van der Waals surface area contributed by atoms with Gasteiger partial charge in [-0.05, 0) is 80.9 Å². The van der Waals surface area contributed by atoms with E-state index in [0.717, 1.165) is 77.1 Å². The van der Waals surface area contributed by atoms with E-state index < -0.39 is 0 Å². The van der Waals surface area contributed by atoms with Crippen LogP contribution in [0, 0.1) is 0 Å². The van der Waals surface area contributed by atoms with Gasteiger partial charge in [0.05, 0.1) is 33.9 Å². The highest BCUT2D eigenvalue weighted by Crippen LogP contribution is 2.50. The summed E-state index contributed by atoms with van der Waals surface area (Å²) in [5.74, 6) is 2.55. The first kappa shape index (κ1) is 38.7. The Hall–Kier alpha value is -9.40. The smallest absolute Gasteiger partial charge is 0.238 e. The van der Waals surface area contributed by atoms with E-state index in [0.29, 0.717) is 35.1 Å². The van der Waals surface area contributed by atoms with E-state index in [1.54, 1.807) is 0 Å². The van der Waals surface area contributed by atoms with Gasteiger partial charge < -0.3 is 4.57 Å². The second kappa shape index (κ2) is 15.1. The highest BCUT2D eigenvalue weighted by Gasteiger charge is 2.36. The van der Waals surface area contributed by atoms with Crippen molar-refractivity contribution in [2.24, 2.45) is 0 Å². The lowest BCUT2D eigenvalue weighted by Crippen LogP contribution is -2.15. The zero-order valence-electron chi connectivity index (χ0n) is 37.5. The Kier molecular flexibility index (Phi) is 8.32. The Morgan fingerprint density at radius 1 is 0.286 bits per heavy atom. The Morgan fingerprint density at radius 2 is 0.686 bits per heavy atom. The molecule has 15 rings (SSSR count). The van der Waals surface area contributed by atoms with E-state index in [2.05, 4.69) is 197 Å². The predicted octanol–water partition coefficient (Wildman–Crippen LogP) is 13.9. The van der Waals surface area contributed by atoms with Crippen molar-refractivity contribution in [2.75, 3.05) is 0 Å². The number of para-hydroxylation sites is 3. The standard InChI is InChI=1S/C62H38N8/c1-3-19-37(20-4-1)57-63-61(68-62(67-57)70-52-34-18-16-28-44(52)50-35-53-49(36-54(50)70)43-27-15-17-33-51(43)69(53)38-21-5-2-6-22-38)60-65-58(55-45-29-11-7-23-39(45)40-24-8-12-30-46(40)55)64-59(66-60)56-47-31-13-9-25-41(47)42-26-10-14-32-48(42)56/h1-36,55-56H. The largest absolute Gasteiger partial charge is 0.309 e. The molecule has 2 aliphatic rings. The van der Waals surface area contributed by atoms with Crippen molar-refractivity contribution in [1.29, 1.82) is 0 Å². The van der Waals surface area contributed by atoms with Gasteiger partial charge in [0.25, 0.3) is 0 Å². The molecule has 0 radical (unpaired) electrons. The zero-order valence-corrected chi connectivity index (χ0v) is 37.5. The van der Waals surface area contributed by atoms with Gasteiger partial charge in [0.1, 0.15) is 11.6 Å². The molecule has 13 aromatic rings. The molecule has 0 atom stereocenters. The molecule has 0 bridgehead atoms. The summed E-state index contributed by atoms with van der Waals surface area (Å²) in [4.78, 5) is 32.6. The maximum atomic E-state index is 5.53. The van der Waals surface area contributed by atoms with E-state index in [9.17, 15) is 0 Å². The molecular formula is C62H38N8. The molecule has 0 saturated heterocycles. The fourth-order valence-electron chi connectivity index (χ4n) is 11.4. The molecule has 4 aromatic heterocycles. The fraction of sp³-hybridized carbons (Fsp3) is 0.0323. The van der Waals surface area contributed by atoms with Gasteiger partial charge in [0.15, 0.2) is 5.82 Å². The van der Waals surface area contributed by atoms with Crippen LogP contribution in [0.15, 0.2) is 218 Å². The minimum Gasteiger partial charge on any atom is -0.309 e. The molecule has 0 N–H and O–H groups in total. The molecule has 4 heterocycles. The molecule has 0 unspecified atom stereocenters. The summed E-state index contributed by atoms with van der Waals surface area (Å²) in [6.07, 6.45) is 0. The monoisotopic (exact) mass is 894 g/mol. The summed E-state index contributed by atoms with van der Waals surface area (Å²) in [5.41, 5.74) is 15.6. The van der Waals surface area contributed by atoms with Crippen molar-refractivity contribution in [3.05, 3.63) is 252 Å². The third-order valence-electron chi connectivity index (χ3n) is 14.4. The molecule has 0 spiro atoms. The summed E-state index contributed by atoms with van der Waals surface area (Å²) in [6.45, 7) is 0. The average molecular weight is 895 g/mol. The molecule has 70 heavy (non-hydrogen) atoms. The van der Waals surface area contributed by atoms with Gasteiger partial charge in [0, 0.05) is 32.8 Å². The SMILES string of the molecule is c1ccc(-c2nc(-c3nc(C4c5ccccc5-c5ccccc54)nc(C4c5ccccc5-c5ccccc54)n3)nc(-n3c4ccccc4c4cc5c(cc43)c3ccccc3n5-c3ccccc3)n2)cc1. The van der Waals surface area contributed by atoms with Crippen LogP contribution in [0.25, 0.3) is 101 Å². The maximum Gasteiger partial charge on any atom is 0.238 e. The Morgan fingerprint density at radius 3 is 1.21 bits per heavy atom. The summed E-state index contributed by atoms with van der Waals surface area (Å²) in [7, 11) is 0. The molecule has 326 valence electrons. The van der Waals surface area contributed by atoms with Crippen LogP contribution in [0.2, 0.25) is 0 Å². The first-order chi connectivity index (χ1) is 34.7. The Labute approximate surface area is 401 Å². The van der Waals surface area contributed by atoms with E-state index in [-0.39, 0.29) is 11.8 Å². The van der Waals surface area contributed by atoms with Gasteiger partial charge in [-0.3, -0.25) is 4.57 Å². The molecular weight excluding hydrogens is 857 g/mol. The maximum absolute atomic E-state index is 5.53. The van der Waals surface area contributed by atoms with Crippen molar-refractivity contribution in [2.45, 2.75) is 11.8 Å². The van der Waals surface area contributed by atoms with Gasteiger partial charge in [-0.1, -0.05) is 182 Å². The van der Waals surface area contributed by atoms with Crippen molar-refractivity contribution in [3.8, 4) is 56.9 Å². The lowest BCUT2D eigenvalue weighted by molar-refractivity contribution is 0.772. The number of rotatable bonds is 6. The first-order valence-electron chi connectivity index (χ1n) is 23.7. The van der Waals surface area contributed by atoms with Crippen molar-refractivity contribution in [1.82, 2.24) is 39.0 Å². The molecule has 9 aromatic carbocycles. The number of aromatic nitrogens is 8. The molecule has 0 fully saturated rings. The summed E-state index contributed by atoms with van der Waals surface area (Å²) < 4.78 is 4.55. The van der Waals surface area contributed by atoms with Crippen LogP contribution in [-0.2, 0) is 0 Å². The molecule has 2 aliphatic carbocycles. The molecule has 0 aliphatic heterocycles. The van der Waals surface area contributed by atoms with E-state index in [1.807, 2.05) is 30.3 Å². The van der Waals surface area contributed by atoms with Gasteiger partial charge in [-0.2, -0.15) is 9.97 Å². The van der Waals surface area contributed by atoms with Gasteiger partial charge >= 0.3 is 0 Å². The predicted molar refractivity (Wildman–Crippen MR) is 278 cm³/mol. The Balaban J connectivity index is 1.01. The van der Waals surface area contributed by atoms with Crippen molar-refractivity contribution >= 4 is 43.6 Å². The minimum absolute atomic E-state index is 0.243. The van der Waals surface area contributed by atoms with E-state index >= 15 is 0 Å². The minimum atomic E-state index is -0.243. The second-order valence-electron chi connectivity index (χ2n) is 18.2. The van der Waals surface area contributed by atoms with Gasteiger partial charge in [0.2, 0.25) is 17.6 Å². The highest BCUT2D eigenvalue weighted by molar-refractivity contribution is 6.19. The third kappa shape index (κ3) is 5.71. The third-order valence-corrected chi connectivity index (χ3v) is 14.4. The number of benzene rings is 9. The summed E-state index contributed by atoms with van der Waals surface area (Å²) in [6, 6.07) is 77.0. The van der Waals surface area contributed by atoms with Crippen LogP contribution in [0.1, 0.15) is 45.7 Å². The zero-order chi connectivity index (χ0) is 45.9. The van der Waals surface area contributed by atoms with Crippen LogP contribution in [-0.4, -0.2) is 39.0 Å². The number of nitrogens with zero attached hydrogens (tertiary/aromatic N) is 8. The normalized spacial score (nSPS) is 13.0. The van der Waals surface area contributed by atoms with E-state index in [4.69, 9.17) is 29.9 Å². The van der Waals surface area contributed by atoms with Crippen LogP contribution in [0.5, 0.6) is 0 Å². The first-order valence-corrected chi connectivity index (χ1v) is 23.7. The van der Waals surface area contributed by atoms with Gasteiger partial charge in [-0.15, -0.1) is 0 Å². The van der Waals surface area contributed by atoms with Crippen LogP contribution < -0.4 is 0 Å². The summed E-state index contributed by atoms with van der Waals surface area (Å²) in [5, 5.41) is 4.48. The second-order valence-corrected chi connectivity index (χ2v) is 18.2. The number of hydrogen-bond donors (Lipinski definition) is 0. The van der Waals surface area contributed by atoms with Crippen LogP contribution in [0.4, 0.5) is 0 Å². The molecule has 8 nitrogen and oxygen atoms in total. The quantitative estimate of drug-likeness (QED) is 0.165. The van der Waals surface area contributed by atoms with Crippen molar-refractivity contribution < 1.29 is 0 Å². The topological polar surface area (TPSA) is 87.2 Å². The summed E-state index contributed by atoms with van der Waals surface area (Å²) >= 11 is 0. The van der Waals surface area contributed by atoms with Crippen molar-refractivity contribution in [3.63, 3.8) is 0 Å². The Bertz CT molecular complexity index is 4060. The van der Waals surface area contributed by atoms with Gasteiger partial charge in [-0.25, -0.2) is 19.9 Å². The lowest BCUT2D eigenvalue weighted by atomic mass is 9.94. The highest BCUT2D eigenvalue weighted by atomic mass is 15.2. The molecule has 0 saturated carbocycles. The van der Waals surface area contributed by atoms with Crippen LogP contribution in [0.3, 0.4) is 0 Å². The molecule has 0 amide bonds. The molecule has 8 heteroatoms.